The minimum atomic E-state index is -0.467. The Bertz CT molecular complexity index is 1030. The number of rotatable bonds is 8. The van der Waals surface area contributed by atoms with E-state index < -0.39 is 6.10 Å². The molecule has 0 bridgehead atoms. The number of aliphatic hydroxyl groups excluding tert-OH is 1. The van der Waals surface area contributed by atoms with Gasteiger partial charge in [-0.05, 0) is 55.7 Å². The molecule has 0 unspecified atom stereocenters. The molecule has 10 nitrogen and oxygen atoms in total. The summed E-state index contributed by atoms with van der Waals surface area (Å²) in [5.41, 5.74) is 2.15. The van der Waals surface area contributed by atoms with Crippen LogP contribution in [0.2, 0.25) is 0 Å². The van der Waals surface area contributed by atoms with Gasteiger partial charge in [-0.15, -0.1) is 5.10 Å². The van der Waals surface area contributed by atoms with Crippen molar-refractivity contribution in [3.63, 3.8) is 0 Å². The number of aryl methyl sites for hydroxylation is 1. The molecule has 1 aromatic carbocycles. The summed E-state index contributed by atoms with van der Waals surface area (Å²) in [5.74, 6) is 0.715. The zero-order valence-corrected chi connectivity index (χ0v) is 18.4. The molecule has 4 rings (SSSR count). The third kappa shape index (κ3) is 6.05. The summed E-state index contributed by atoms with van der Waals surface area (Å²) in [4.78, 5) is 16.7. The number of nitrogens with zero attached hydrogens (tertiary/aromatic N) is 4. The van der Waals surface area contributed by atoms with E-state index in [0.717, 1.165) is 24.2 Å². The number of urea groups is 1. The average Bonchev–Trinajstić information content (AvgIpc) is 3.33. The molecule has 0 aliphatic carbocycles. The molecule has 174 valence electrons. The largest absolute Gasteiger partial charge is 0.497 e. The summed E-state index contributed by atoms with van der Waals surface area (Å²) in [6, 6.07) is 12.1. The molecule has 2 aromatic heterocycles. The quantitative estimate of drug-likeness (QED) is 0.480. The molecule has 1 fully saturated rings. The molecule has 0 saturated carbocycles. The lowest BCUT2D eigenvalue weighted by molar-refractivity contribution is -0.0905. The molecular weight excluding hydrogens is 424 g/mol. The maximum atomic E-state index is 12.4. The third-order valence-electron chi connectivity index (χ3n) is 5.61. The van der Waals surface area contributed by atoms with Crippen molar-refractivity contribution in [2.75, 3.05) is 19.0 Å². The second-order valence-electron chi connectivity index (χ2n) is 7.86. The fraction of sp³-hybridized carbons (Fsp3) is 0.391. The van der Waals surface area contributed by atoms with Crippen LogP contribution in [-0.2, 0) is 11.3 Å². The van der Waals surface area contributed by atoms with Gasteiger partial charge in [-0.25, -0.2) is 4.79 Å². The molecule has 33 heavy (non-hydrogen) atoms. The lowest BCUT2D eigenvalue weighted by Crippen LogP contribution is -2.52. The number of hydrogen-bond acceptors (Lipinski definition) is 7. The Labute approximate surface area is 191 Å². The summed E-state index contributed by atoms with van der Waals surface area (Å²) in [6.07, 6.45) is 5.29. The maximum absolute atomic E-state index is 12.4. The van der Waals surface area contributed by atoms with Crippen molar-refractivity contribution in [3.05, 3.63) is 54.9 Å². The van der Waals surface area contributed by atoms with Crippen molar-refractivity contribution in [2.45, 2.75) is 44.1 Å². The number of pyridine rings is 1. The van der Waals surface area contributed by atoms with E-state index in [4.69, 9.17) is 9.47 Å². The average molecular weight is 453 g/mol. The maximum Gasteiger partial charge on any atom is 0.319 e. The highest BCUT2D eigenvalue weighted by atomic mass is 16.5. The smallest absolute Gasteiger partial charge is 0.319 e. The number of anilines is 1. The Morgan fingerprint density at radius 3 is 2.79 bits per heavy atom. The second-order valence-corrected chi connectivity index (χ2v) is 7.86. The van der Waals surface area contributed by atoms with Gasteiger partial charge in [-0.2, -0.15) is 0 Å². The van der Waals surface area contributed by atoms with Gasteiger partial charge in [0.2, 0.25) is 0 Å². The second kappa shape index (κ2) is 10.9. The SMILES string of the molecule is COc1ccc(NC(=O)N[C@H]2CC[C@@H](CCn3cc(-c4ccccn4)nn3)O[C@H]2CO)cc1. The van der Waals surface area contributed by atoms with Crippen LogP contribution in [0.3, 0.4) is 0 Å². The first-order chi connectivity index (χ1) is 16.1. The Morgan fingerprint density at radius 2 is 2.06 bits per heavy atom. The summed E-state index contributed by atoms with van der Waals surface area (Å²) >= 11 is 0. The fourth-order valence-electron chi connectivity index (χ4n) is 3.83. The minimum absolute atomic E-state index is 0.0349. The highest BCUT2D eigenvalue weighted by molar-refractivity contribution is 5.89. The zero-order valence-electron chi connectivity index (χ0n) is 18.4. The number of hydrogen-bond donors (Lipinski definition) is 3. The molecule has 3 heterocycles. The van der Waals surface area contributed by atoms with Gasteiger partial charge in [0.15, 0.2) is 0 Å². The number of methoxy groups -OCH3 is 1. The van der Waals surface area contributed by atoms with E-state index in [1.54, 1.807) is 42.3 Å². The van der Waals surface area contributed by atoms with Gasteiger partial charge in [0.05, 0.1) is 37.8 Å². The zero-order chi connectivity index (χ0) is 23.0. The van der Waals surface area contributed by atoms with E-state index in [1.807, 2.05) is 24.4 Å². The van der Waals surface area contributed by atoms with E-state index in [0.29, 0.717) is 24.4 Å². The summed E-state index contributed by atoms with van der Waals surface area (Å²) < 4.78 is 13.0. The van der Waals surface area contributed by atoms with Gasteiger partial charge in [-0.1, -0.05) is 11.3 Å². The monoisotopic (exact) mass is 452 g/mol. The molecule has 2 amide bonds. The number of benzene rings is 1. The first-order valence-electron chi connectivity index (χ1n) is 10.9. The van der Waals surface area contributed by atoms with Gasteiger partial charge >= 0.3 is 6.03 Å². The van der Waals surface area contributed by atoms with Crippen LogP contribution in [0, 0.1) is 0 Å². The molecule has 1 saturated heterocycles. The number of carbonyl (C=O) groups is 1. The van der Waals surface area contributed by atoms with Crippen LogP contribution >= 0.6 is 0 Å². The molecule has 3 aromatic rings. The molecule has 1 aliphatic rings. The molecule has 10 heteroatoms. The van der Waals surface area contributed by atoms with Gasteiger partial charge < -0.3 is 25.2 Å². The first-order valence-corrected chi connectivity index (χ1v) is 10.9. The summed E-state index contributed by atoms with van der Waals surface area (Å²) in [6.45, 7) is 0.468. The van der Waals surface area contributed by atoms with Crippen LogP contribution in [0.15, 0.2) is 54.9 Å². The Kier molecular flexibility index (Phi) is 7.48. The normalized spacial score (nSPS) is 20.2. The van der Waals surface area contributed by atoms with Crippen molar-refractivity contribution in [1.82, 2.24) is 25.3 Å². The standard InChI is InChI=1S/C23H28N6O4/c1-32-17-7-5-16(6-8-17)25-23(31)26-20-10-9-18(33-22(20)15-30)11-13-29-14-21(27-28-29)19-4-2-3-12-24-19/h2-8,12,14,18,20,22,30H,9-11,13,15H2,1H3,(H2,25,26,31)/t18-,20-,22-/m0/s1. The minimum Gasteiger partial charge on any atom is -0.497 e. The number of carbonyl (C=O) groups excluding carboxylic acids is 1. The van der Waals surface area contributed by atoms with Crippen LogP contribution in [0.5, 0.6) is 5.75 Å². The summed E-state index contributed by atoms with van der Waals surface area (Å²) in [7, 11) is 1.59. The van der Waals surface area contributed by atoms with Crippen LogP contribution in [0.4, 0.5) is 10.5 Å². The van der Waals surface area contributed by atoms with Gasteiger partial charge in [-0.3, -0.25) is 9.67 Å². The van der Waals surface area contributed by atoms with Crippen LogP contribution in [-0.4, -0.2) is 63.1 Å². The van der Waals surface area contributed by atoms with Crippen LogP contribution < -0.4 is 15.4 Å². The van der Waals surface area contributed by atoms with Crippen molar-refractivity contribution < 1.29 is 19.4 Å². The van der Waals surface area contributed by atoms with E-state index in [9.17, 15) is 9.90 Å². The van der Waals surface area contributed by atoms with Crippen LogP contribution in [0.25, 0.3) is 11.4 Å². The number of aliphatic hydroxyl groups is 1. The number of aromatic nitrogens is 4. The van der Waals surface area contributed by atoms with E-state index >= 15 is 0 Å². The Hall–Kier alpha value is -3.50. The highest BCUT2D eigenvalue weighted by Gasteiger charge is 2.31. The molecule has 1 aliphatic heterocycles. The van der Waals surface area contributed by atoms with Crippen molar-refractivity contribution in [1.29, 1.82) is 0 Å². The van der Waals surface area contributed by atoms with Gasteiger partial charge in [0.25, 0.3) is 0 Å². The van der Waals surface area contributed by atoms with Crippen molar-refractivity contribution >= 4 is 11.7 Å². The van der Waals surface area contributed by atoms with Crippen molar-refractivity contribution in [2.24, 2.45) is 0 Å². The first kappa shape index (κ1) is 22.7. The number of nitrogens with one attached hydrogen (secondary N) is 2. The van der Waals surface area contributed by atoms with E-state index in [2.05, 4.69) is 25.9 Å². The van der Waals surface area contributed by atoms with Crippen LogP contribution in [0.1, 0.15) is 19.3 Å². The Morgan fingerprint density at radius 1 is 1.21 bits per heavy atom. The lowest BCUT2D eigenvalue weighted by Gasteiger charge is -2.36. The predicted octanol–water partition coefficient (Wildman–Crippen LogP) is 2.47. The number of ether oxygens (including phenoxy) is 2. The molecule has 3 atom stereocenters. The molecule has 0 spiro atoms. The highest BCUT2D eigenvalue weighted by Crippen LogP contribution is 2.23. The van der Waals surface area contributed by atoms with Crippen molar-refractivity contribution in [3.8, 4) is 17.1 Å². The molecule has 3 N–H and O–H groups in total. The molecular formula is C23H28N6O4. The van der Waals surface area contributed by atoms with Gasteiger partial charge in [0, 0.05) is 18.4 Å². The topological polar surface area (TPSA) is 123 Å². The lowest BCUT2D eigenvalue weighted by atomic mass is 9.97. The van der Waals surface area contributed by atoms with E-state index in [-0.39, 0.29) is 24.8 Å². The Balaban J connectivity index is 1.25. The third-order valence-corrected chi connectivity index (χ3v) is 5.61. The predicted molar refractivity (Wildman–Crippen MR) is 122 cm³/mol. The van der Waals surface area contributed by atoms with Gasteiger partial charge in [0.1, 0.15) is 17.5 Å². The number of amides is 2. The summed E-state index contributed by atoms with van der Waals surface area (Å²) in [5, 5.41) is 23.9. The van der Waals surface area contributed by atoms with E-state index in [1.165, 1.54) is 0 Å². The molecule has 0 radical (unpaired) electrons. The fourth-order valence-corrected chi connectivity index (χ4v) is 3.83.